The molecule has 0 aliphatic carbocycles. The van der Waals surface area contributed by atoms with Gasteiger partial charge in [-0.05, 0) is 63.3 Å². The number of hydrogen-bond acceptors (Lipinski definition) is 7. The first-order valence-corrected chi connectivity index (χ1v) is 12.8. The number of aromatic nitrogens is 2. The molecule has 7 nitrogen and oxygen atoms in total. The molecular weight excluding hydrogens is 541 g/mol. The van der Waals surface area contributed by atoms with Crippen LogP contribution in [-0.4, -0.2) is 26.4 Å². The Morgan fingerprint density at radius 2 is 1.74 bits per heavy atom. The smallest absolute Gasteiger partial charge is 0.273 e. The highest BCUT2D eigenvalue weighted by Crippen LogP contribution is 2.39. The van der Waals surface area contributed by atoms with E-state index < -0.39 is 9.58 Å². The Labute approximate surface area is 237 Å². The van der Waals surface area contributed by atoms with Gasteiger partial charge in [0.25, 0.3) is 5.95 Å². The molecule has 4 rings (SSSR count). The fraction of sp³-hybridized carbons (Fsp3) is 0.179. The molecule has 1 atom stereocenters. The Morgan fingerprint density at radius 3 is 2.37 bits per heavy atom. The zero-order valence-corrected chi connectivity index (χ0v) is 23.4. The van der Waals surface area contributed by atoms with Crippen molar-refractivity contribution in [1.29, 1.82) is 5.26 Å². The molecule has 0 saturated carbocycles. The maximum absolute atomic E-state index is 9.90. The lowest BCUT2D eigenvalue weighted by Crippen LogP contribution is -2.36. The van der Waals surface area contributed by atoms with Crippen LogP contribution in [0.3, 0.4) is 0 Å². The molecule has 0 bridgehead atoms. The Bertz CT molecular complexity index is 1480. The van der Waals surface area contributed by atoms with E-state index in [1.807, 2.05) is 48.5 Å². The lowest BCUT2D eigenvalue weighted by atomic mass is 9.77. The Balaban J connectivity index is 1.52. The summed E-state index contributed by atoms with van der Waals surface area (Å²) in [6, 6.07) is 22.9. The fourth-order valence-electron chi connectivity index (χ4n) is 3.98. The van der Waals surface area contributed by atoms with Crippen LogP contribution < -0.4 is 10.2 Å². The summed E-state index contributed by atoms with van der Waals surface area (Å²) in [4.78, 5) is 8.36. The average Bonchev–Trinajstić information content (AvgIpc) is 2.87. The van der Waals surface area contributed by atoms with Crippen LogP contribution in [-0.2, 0) is 12.0 Å². The third-order valence-corrected chi connectivity index (χ3v) is 6.70. The minimum absolute atomic E-state index is 0.217. The number of nitriles is 1. The summed E-state index contributed by atoms with van der Waals surface area (Å²) < 4.78 is 5.10. The van der Waals surface area contributed by atoms with E-state index in [0.717, 1.165) is 16.7 Å². The summed E-state index contributed by atoms with van der Waals surface area (Å²) in [5, 5.41) is 20.7. The summed E-state index contributed by atoms with van der Waals surface area (Å²) in [7, 11) is 1.42. The van der Waals surface area contributed by atoms with Gasteiger partial charge in [-0.25, -0.2) is 9.97 Å². The molecular formula is C28H26Cl2N5O2S+. The number of ether oxygens (including phenoxy) is 1. The van der Waals surface area contributed by atoms with Crippen LogP contribution in [0.15, 0.2) is 72.9 Å². The number of anilines is 1. The van der Waals surface area contributed by atoms with Crippen molar-refractivity contribution in [2.45, 2.75) is 25.9 Å². The SMILES string of the molecule is CC(C)(c1ccc(OCc2ccnc(N[N+](C)(O)S)n2)cc1)c1cc(Cl)c(-c2ccc(Cl)cc2)c(C#N)c1. The van der Waals surface area contributed by atoms with Gasteiger partial charge in [0.05, 0.1) is 22.3 Å². The Kier molecular flexibility index (Phi) is 8.16. The highest BCUT2D eigenvalue weighted by Gasteiger charge is 2.26. The molecule has 0 aliphatic rings. The van der Waals surface area contributed by atoms with Crippen LogP contribution in [0.4, 0.5) is 5.95 Å². The molecule has 0 fully saturated rings. The van der Waals surface area contributed by atoms with Crippen LogP contribution >= 0.6 is 36.0 Å². The van der Waals surface area contributed by atoms with E-state index in [4.69, 9.17) is 27.9 Å². The van der Waals surface area contributed by atoms with E-state index in [2.05, 4.69) is 48.1 Å². The quantitative estimate of drug-likeness (QED) is 0.118. The van der Waals surface area contributed by atoms with E-state index in [1.54, 1.807) is 24.4 Å². The summed E-state index contributed by atoms with van der Waals surface area (Å²) >= 11 is 16.7. The molecule has 10 heteroatoms. The minimum Gasteiger partial charge on any atom is -0.487 e. The van der Waals surface area contributed by atoms with E-state index >= 15 is 0 Å². The van der Waals surface area contributed by atoms with Crippen LogP contribution in [0.2, 0.25) is 10.0 Å². The number of hydrogen-bond donors (Lipinski definition) is 3. The van der Waals surface area contributed by atoms with Crippen LogP contribution in [0.1, 0.15) is 36.2 Å². The Morgan fingerprint density at radius 1 is 1.05 bits per heavy atom. The third kappa shape index (κ3) is 6.57. The van der Waals surface area contributed by atoms with Crippen LogP contribution in [0.5, 0.6) is 5.75 Å². The zero-order valence-electron chi connectivity index (χ0n) is 21.0. The average molecular weight is 568 g/mol. The number of nitrogens with zero attached hydrogens (tertiary/aromatic N) is 4. The van der Waals surface area contributed by atoms with E-state index in [0.29, 0.717) is 32.6 Å². The predicted molar refractivity (Wildman–Crippen MR) is 152 cm³/mol. The van der Waals surface area contributed by atoms with Gasteiger partial charge in [-0.2, -0.15) is 15.9 Å². The lowest BCUT2D eigenvalue weighted by molar-refractivity contribution is -0.955. The third-order valence-electron chi connectivity index (χ3n) is 6.05. The molecule has 1 aromatic heterocycles. The first kappa shape index (κ1) is 27.7. The number of halogens is 2. The van der Waals surface area contributed by atoms with Gasteiger partial charge in [0, 0.05) is 22.2 Å². The van der Waals surface area contributed by atoms with Crippen LogP contribution in [0, 0.1) is 11.3 Å². The van der Waals surface area contributed by atoms with Crippen molar-refractivity contribution in [1.82, 2.24) is 9.97 Å². The topological polar surface area (TPSA) is 91.1 Å². The molecule has 0 spiro atoms. The number of quaternary nitrogens is 1. The zero-order chi connectivity index (χ0) is 27.5. The van der Waals surface area contributed by atoms with Gasteiger partial charge in [0.1, 0.15) is 32.2 Å². The van der Waals surface area contributed by atoms with E-state index in [9.17, 15) is 10.5 Å². The first-order chi connectivity index (χ1) is 18.0. The molecule has 0 radical (unpaired) electrons. The summed E-state index contributed by atoms with van der Waals surface area (Å²) in [6.07, 6.45) is 1.57. The first-order valence-electron chi connectivity index (χ1n) is 11.6. The predicted octanol–water partition coefficient (Wildman–Crippen LogP) is 7.23. The van der Waals surface area contributed by atoms with Crippen molar-refractivity contribution < 1.29 is 14.1 Å². The van der Waals surface area contributed by atoms with Gasteiger partial charge in [-0.3, -0.25) is 0 Å². The fourth-order valence-corrected chi connectivity index (χ4v) is 4.52. The normalized spacial score (nSPS) is 12.9. The van der Waals surface area contributed by atoms with Gasteiger partial charge in [-0.15, -0.1) is 0 Å². The van der Waals surface area contributed by atoms with Gasteiger partial charge in [0.2, 0.25) is 0 Å². The summed E-state index contributed by atoms with van der Waals surface area (Å²) in [5.41, 5.74) is 6.81. The molecule has 2 N–H and O–H groups in total. The van der Waals surface area contributed by atoms with Gasteiger partial charge in [-0.1, -0.05) is 61.3 Å². The van der Waals surface area contributed by atoms with Crippen molar-refractivity contribution in [3.63, 3.8) is 0 Å². The van der Waals surface area contributed by atoms with Crippen molar-refractivity contribution in [2.75, 3.05) is 12.5 Å². The lowest BCUT2D eigenvalue weighted by Gasteiger charge is -2.27. The molecule has 194 valence electrons. The molecule has 1 unspecified atom stereocenters. The number of benzene rings is 3. The minimum atomic E-state index is -0.799. The Hall–Kier alpha value is -3.32. The highest BCUT2D eigenvalue weighted by molar-refractivity contribution is 7.74. The van der Waals surface area contributed by atoms with Crippen molar-refractivity contribution in [3.8, 4) is 22.9 Å². The largest absolute Gasteiger partial charge is 0.487 e. The second-order valence-corrected chi connectivity index (χ2v) is 11.0. The summed E-state index contributed by atoms with van der Waals surface area (Å²) in [6.45, 7) is 4.39. The van der Waals surface area contributed by atoms with Gasteiger partial charge < -0.3 is 4.74 Å². The molecule has 1 heterocycles. The second kappa shape index (κ2) is 11.2. The monoisotopic (exact) mass is 566 g/mol. The molecule has 0 amide bonds. The van der Waals surface area contributed by atoms with E-state index in [-0.39, 0.29) is 12.6 Å². The molecule has 0 aliphatic heterocycles. The van der Waals surface area contributed by atoms with Gasteiger partial charge >= 0.3 is 0 Å². The standard InChI is InChI=1S/C28H26Cl2N5O2S/c1-28(2,21-14-19(16-31)26(25(30)15-21)18-4-8-22(29)9-5-18)20-6-10-24(11-7-20)37-17-23-12-13-32-27(33-23)34-35(3,36)38/h4-15,36,38H,17H2,1-3H3,(H,32,33,34)/q+1. The van der Waals surface area contributed by atoms with Crippen molar-refractivity contribution in [3.05, 3.63) is 105 Å². The second-order valence-electron chi connectivity index (χ2n) is 9.33. The maximum atomic E-state index is 9.90. The van der Waals surface area contributed by atoms with Crippen molar-refractivity contribution >= 4 is 42.0 Å². The molecule has 38 heavy (non-hydrogen) atoms. The van der Waals surface area contributed by atoms with Crippen molar-refractivity contribution in [2.24, 2.45) is 0 Å². The van der Waals surface area contributed by atoms with Gasteiger partial charge in [0.15, 0.2) is 0 Å². The molecule has 3 aromatic carbocycles. The number of thiol groups is 1. The number of nitrogens with one attached hydrogen (secondary N) is 1. The number of hydroxylamine groups is 1. The molecule has 0 saturated heterocycles. The molecule has 4 aromatic rings. The maximum Gasteiger partial charge on any atom is 0.273 e. The number of rotatable bonds is 8. The van der Waals surface area contributed by atoms with E-state index in [1.165, 1.54) is 7.05 Å². The van der Waals surface area contributed by atoms with Crippen LogP contribution in [0.25, 0.3) is 11.1 Å². The highest BCUT2D eigenvalue weighted by atomic mass is 35.5. The summed E-state index contributed by atoms with van der Waals surface area (Å²) in [5.74, 6) is 0.893.